The molecular weight excluding hydrogens is 228 g/mol. The highest BCUT2D eigenvalue weighted by molar-refractivity contribution is 5.93. The van der Waals surface area contributed by atoms with E-state index in [9.17, 15) is 4.79 Å². The van der Waals surface area contributed by atoms with Crippen molar-refractivity contribution in [3.05, 3.63) is 35.5 Å². The highest BCUT2D eigenvalue weighted by Gasteiger charge is 2.06. The van der Waals surface area contributed by atoms with Gasteiger partial charge in [0.2, 0.25) is 0 Å². The van der Waals surface area contributed by atoms with Crippen LogP contribution in [-0.4, -0.2) is 22.6 Å². The number of aryl methyl sites for hydroxylation is 2. The normalized spacial score (nSPS) is 10.6. The van der Waals surface area contributed by atoms with E-state index in [1.807, 2.05) is 19.1 Å². The molecule has 0 aliphatic heterocycles. The maximum absolute atomic E-state index is 10.6. The molecule has 0 radical (unpaired) electrons. The fourth-order valence-corrected chi connectivity index (χ4v) is 1.94. The number of carbonyl (C=O) groups is 1. The van der Waals surface area contributed by atoms with Crippen molar-refractivity contribution in [2.24, 2.45) is 0 Å². The van der Waals surface area contributed by atoms with Gasteiger partial charge in [-0.25, -0.2) is 0 Å². The van der Waals surface area contributed by atoms with Crippen LogP contribution in [0.15, 0.2) is 24.3 Å². The van der Waals surface area contributed by atoms with Crippen LogP contribution in [0.25, 0.3) is 10.9 Å². The second-order valence-corrected chi connectivity index (χ2v) is 4.26. The van der Waals surface area contributed by atoms with Gasteiger partial charge in [0.1, 0.15) is 6.54 Å². The van der Waals surface area contributed by atoms with E-state index in [1.54, 1.807) is 0 Å². The number of hydrogen-bond acceptors (Lipinski definition) is 3. The van der Waals surface area contributed by atoms with Gasteiger partial charge in [-0.3, -0.25) is 9.78 Å². The molecule has 94 valence electrons. The number of rotatable bonds is 4. The molecule has 0 aliphatic carbocycles. The molecule has 1 heterocycles. The molecule has 0 saturated carbocycles. The molecule has 0 unspecified atom stereocenters. The molecule has 0 atom stereocenters. The molecule has 2 rings (SSSR count). The van der Waals surface area contributed by atoms with E-state index in [1.165, 1.54) is 5.56 Å². The van der Waals surface area contributed by atoms with Crippen LogP contribution in [0.5, 0.6) is 0 Å². The minimum Gasteiger partial charge on any atom is -0.480 e. The van der Waals surface area contributed by atoms with Gasteiger partial charge in [0.05, 0.1) is 5.52 Å². The Morgan fingerprint density at radius 2 is 2.17 bits per heavy atom. The van der Waals surface area contributed by atoms with Crippen molar-refractivity contribution in [3.8, 4) is 0 Å². The Morgan fingerprint density at radius 3 is 2.83 bits per heavy atom. The predicted octanol–water partition coefficient (Wildman–Crippen LogP) is 2.60. The van der Waals surface area contributed by atoms with Crippen LogP contribution in [0.2, 0.25) is 0 Å². The Bertz CT molecular complexity index is 594. The molecule has 0 aliphatic rings. The van der Waals surface area contributed by atoms with Gasteiger partial charge in [0, 0.05) is 16.8 Å². The Labute approximate surface area is 106 Å². The van der Waals surface area contributed by atoms with E-state index in [-0.39, 0.29) is 6.54 Å². The van der Waals surface area contributed by atoms with Gasteiger partial charge in [0.15, 0.2) is 0 Å². The SMILES string of the molecule is CCc1ccc2nc(C)cc(NCC(=O)O)c2c1. The first-order valence-electron chi connectivity index (χ1n) is 5.96. The maximum atomic E-state index is 10.6. The lowest BCUT2D eigenvalue weighted by molar-refractivity contribution is -0.134. The average molecular weight is 244 g/mol. The Kier molecular flexibility index (Phi) is 3.46. The van der Waals surface area contributed by atoms with E-state index in [4.69, 9.17) is 5.11 Å². The van der Waals surface area contributed by atoms with Crippen LogP contribution >= 0.6 is 0 Å². The zero-order valence-electron chi connectivity index (χ0n) is 10.5. The number of benzene rings is 1. The van der Waals surface area contributed by atoms with Crippen molar-refractivity contribution in [1.82, 2.24) is 4.98 Å². The number of pyridine rings is 1. The number of aromatic nitrogens is 1. The van der Waals surface area contributed by atoms with Crippen LogP contribution in [-0.2, 0) is 11.2 Å². The first-order valence-corrected chi connectivity index (χ1v) is 5.96. The summed E-state index contributed by atoms with van der Waals surface area (Å²) in [6, 6.07) is 7.97. The van der Waals surface area contributed by atoms with Crippen molar-refractivity contribution < 1.29 is 9.90 Å². The number of hydrogen-bond donors (Lipinski definition) is 2. The first kappa shape index (κ1) is 12.4. The number of anilines is 1. The number of fused-ring (bicyclic) bond motifs is 1. The molecule has 1 aromatic heterocycles. The van der Waals surface area contributed by atoms with E-state index in [0.717, 1.165) is 28.7 Å². The van der Waals surface area contributed by atoms with Crippen molar-refractivity contribution in [2.45, 2.75) is 20.3 Å². The van der Waals surface area contributed by atoms with Gasteiger partial charge in [0.25, 0.3) is 0 Å². The summed E-state index contributed by atoms with van der Waals surface area (Å²) in [6.45, 7) is 3.90. The summed E-state index contributed by atoms with van der Waals surface area (Å²) < 4.78 is 0. The summed E-state index contributed by atoms with van der Waals surface area (Å²) in [5.41, 5.74) is 3.81. The van der Waals surface area contributed by atoms with Crippen LogP contribution in [0, 0.1) is 6.92 Å². The molecule has 0 fully saturated rings. The molecule has 0 bridgehead atoms. The summed E-state index contributed by atoms with van der Waals surface area (Å²) >= 11 is 0. The lowest BCUT2D eigenvalue weighted by Crippen LogP contribution is -2.12. The maximum Gasteiger partial charge on any atom is 0.322 e. The summed E-state index contributed by atoms with van der Waals surface area (Å²) in [5.74, 6) is -0.871. The fraction of sp³-hybridized carbons (Fsp3) is 0.286. The number of carboxylic acid groups (broad SMARTS) is 1. The molecule has 2 N–H and O–H groups in total. The Hall–Kier alpha value is -2.10. The van der Waals surface area contributed by atoms with Crippen molar-refractivity contribution in [1.29, 1.82) is 0 Å². The second kappa shape index (κ2) is 5.04. The fourth-order valence-electron chi connectivity index (χ4n) is 1.94. The minimum atomic E-state index is -0.871. The minimum absolute atomic E-state index is 0.0884. The van der Waals surface area contributed by atoms with Gasteiger partial charge in [-0.1, -0.05) is 13.0 Å². The smallest absolute Gasteiger partial charge is 0.322 e. The van der Waals surface area contributed by atoms with E-state index >= 15 is 0 Å². The van der Waals surface area contributed by atoms with Crippen molar-refractivity contribution in [3.63, 3.8) is 0 Å². The quantitative estimate of drug-likeness (QED) is 0.867. The average Bonchev–Trinajstić information content (AvgIpc) is 2.35. The van der Waals surface area contributed by atoms with Crippen LogP contribution in [0.4, 0.5) is 5.69 Å². The number of nitrogens with one attached hydrogen (secondary N) is 1. The van der Waals surface area contributed by atoms with Crippen LogP contribution < -0.4 is 5.32 Å². The van der Waals surface area contributed by atoms with Gasteiger partial charge in [-0.05, 0) is 37.1 Å². The molecular formula is C14H16N2O2. The third-order valence-electron chi connectivity index (χ3n) is 2.84. The third kappa shape index (κ3) is 2.59. The van der Waals surface area contributed by atoms with E-state index in [0.29, 0.717) is 0 Å². The number of nitrogens with zero attached hydrogens (tertiary/aromatic N) is 1. The first-order chi connectivity index (χ1) is 8.60. The number of carboxylic acids is 1. The van der Waals surface area contributed by atoms with Crippen LogP contribution in [0.1, 0.15) is 18.2 Å². The topological polar surface area (TPSA) is 62.2 Å². The molecule has 0 spiro atoms. The number of aliphatic carboxylic acids is 1. The summed E-state index contributed by atoms with van der Waals surface area (Å²) in [7, 11) is 0. The second-order valence-electron chi connectivity index (χ2n) is 4.26. The van der Waals surface area contributed by atoms with Crippen LogP contribution in [0.3, 0.4) is 0 Å². The van der Waals surface area contributed by atoms with Gasteiger partial charge in [-0.2, -0.15) is 0 Å². The summed E-state index contributed by atoms with van der Waals surface area (Å²) in [6.07, 6.45) is 0.947. The Morgan fingerprint density at radius 1 is 1.39 bits per heavy atom. The Balaban J connectivity index is 2.50. The summed E-state index contributed by atoms with van der Waals surface area (Å²) in [4.78, 5) is 15.1. The molecule has 1 aromatic carbocycles. The standard InChI is InChI=1S/C14H16N2O2/c1-3-10-4-5-12-11(7-10)13(6-9(2)16-12)15-8-14(17)18/h4-7H,3,8H2,1-2H3,(H,15,16)(H,17,18). The van der Waals surface area contributed by atoms with Gasteiger partial charge < -0.3 is 10.4 Å². The van der Waals surface area contributed by atoms with E-state index < -0.39 is 5.97 Å². The van der Waals surface area contributed by atoms with Gasteiger partial charge >= 0.3 is 5.97 Å². The zero-order chi connectivity index (χ0) is 13.1. The van der Waals surface area contributed by atoms with Crippen molar-refractivity contribution in [2.75, 3.05) is 11.9 Å². The molecule has 18 heavy (non-hydrogen) atoms. The summed E-state index contributed by atoms with van der Waals surface area (Å²) in [5, 5.41) is 12.7. The monoisotopic (exact) mass is 244 g/mol. The van der Waals surface area contributed by atoms with Crippen molar-refractivity contribution >= 4 is 22.6 Å². The molecule has 0 amide bonds. The highest BCUT2D eigenvalue weighted by Crippen LogP contribution is 2.24. The zero-order valence-corrected chi connectivity index (χ0v) is 10.5. The predicted molar refractivity (Wildman–Crippen MR) is 72.0 cm³/mol. The molecule has 0 saturated heterocycles. The largest absolute Gasteiger partial charge is 0.480 e. The molecule has 4 nitrogen and oxygen atoms in total. The molecule has 2 aromatic rings. The molecule has 4 heteroatoms. The lowest BCUT2D eigenvalue weighted by Gasteiger charge is -2.10. The van der Waals surface area contributed by atoms with E-state index in [2.05, 4.69) is 29.4 Å². The highest BCUT2D eigenvalue weighted by atomic mass is 16.4. The lowest BCUT2D eigenvalue weighted by atomic mass is 10.1. The van der Waals surface area contributed by atoms with Gasteiger partial charge in [-0.15, -0.1) is 0 Å². The third-order valence-corrected chi connectivity index (χ3v) is 2.84.